The molecule has 1 aliphatic heterocycles. The Morgan fingerprint density at radius 1 is 1.38 bits per heavy atom. The van der Waals surface area contributed by atoms with Crippen molar-refractivity contribution in [3.63, 3.8) is 0 Å². The first-order valence-electron chi connectivity index (χ1n) is 7.69. The third-order valence-corrected chi connectivity index (χ3v) is 3.91. The summed E-state index contributed by atoms with van der Waals surface area (Å²) in [5.41, 5.74) is 8.37. The van der Waals surface area contributed by atoms with Crippen molar-refractivity contribution >= 4 is 40.5 Å². The summed E-state index contributed by atoms with van der Waals surface area (Å²) in [7, 11) is 1.27. The number of carbonyl (C=O) groups excluding carboxylic acids is 2. The third kappa shape index (κ3) is 2.78. The van der Waals surface area contributed by atoms with Crippen LogP contribution in [0.3, 0.4) is 0 Å². The van der Waals surface area contributed by atoms with Gasteiger partial charge >= 0.3 is 12.1 Å². The number of nitrogens with one attached hydrogen (secondary N) is 4. The largest absolute Gasteiger partial charge is 0.453 e. The van der Waals surface area contributed by atoms with Gasteiger partial charge < -0.3 is 26.1 Å². The first-order chi connectivity index (χ1) is 12.5. The van der Waals surface area contributed by atoms with E-state index in [-0.39, 0.29) is 5.95 Å². The number of methoxy groups -OCH3 is 1. The molecule has 132 valence electrons. The molecule has 26 heavy (non-hydrogen) atoms. The summed E-state index contributed by atoms with van der Waals surface area (Å²) < 4.78 is 4.56. The van der Waals surface area contributed by atoms with Crippen molar-refractivity contribution in [2.24, 2.45) is 10.7 Å². The summed E-state index contributed by atoms with van der Waals surface area (Å²) in [6.45, 7) is 0. The highest BCUT2D eigenvalue weighted by molar-refractivity contribution is 6.19. The van der Waals surface area contributed by atoms with Gasteiger partial charge in [0.15, 0.2) is 0 Å². The number of H-pyrrole nitrogens is 1. The van der Waals surface area contributed by atoms with Crippen LogP contribution in [0.5, 0.6) is 0 Å². The smallest absolute Gasteiger partial charge is 0.413 e. The Balaban J connectivity index is 1.65. The Kier molecular flexibility index (Phi) is 3.48. The number of hydrogen-bond acceptors (Lipinski definition) is 6. The number of allylic oxidation sites excluding steroid dienone is 1. The number of anilines is 2. The van der Waals surface area contributed by atoms with Gasteiger partial charge in [-0.3, -0.25) is 5.32 Å². The second-order valence-corrected chi connectivity index (χ2v) is 5.78. The van der Waals surface area contributed by atoms with Crippen molar-refractivity contribution in [2.45, 2.75) is 5.66 Å². The molecule has 10 nitrogen and oxygen atoms in total. The van der Waals surface area contributed by atoms with Crippen LogP contribution in [-0.4, -0.2) is 40.6 Å². The lowest BCUT2D eigenvalue weighted by atomic mass is 10.0. The fourth-order valence-corrected chi connectivity index (χ4v) is 2.77. The minimum atomic E-state index is -1.05. The Bertz CT molecular complexity index is 1020. The minimum absolute atomic E-state index is 0.252. The number of benzene rings is 1. The fraction of sp³-hybridized carbons (Fsp3) is 0.125. The molecule has 0 saturated carbocycles. The van der Waals surface area contributed by atoms with Crippen molar-refractivity contribution in [1.82, 2.24) is 15.3 Å². The number of para-hydroxylation sites is 1. The van der Waals surface area contributed by atoms with Gasteiger partial charge in [-0.05, 0) is 30.4 Å². The second kappa shape index (κ2) is 5.70. The van der Waals surface area contributed by atoms with Crippen LogP contribution in [-0.2, 0) is 4.74 Å². The maximum absolute atomic E-state index is 11.4. The summed E-state index contributed by atoms with van der Waals surface area (Å²) in [4.78, 5) is 33.9. The van der Waals surface area contributed by atoms with Crippen molar-refractivity contribution in [3.8, 4) is 0 Å². The zero-order chi connectivity index (χ0) is 18.3. The summed E-state index contributed by atoms with van der Waals surface area (Å²) in [6.07, 6.45) is 4.43. The van der Waals surface area contributed by atoms with E-state index in [1.807, 2.05) is 18.2 Å². The van der Waals surface area contributed by atoms with Gasteiger partial charge in [-0.25, -0.2) is 14.6 Å². The molecule has 2 aromatic rings. The predicted molar refractivity (Wildman–Crippen MR) is 95.9 cm³/mol. The van der Waals surface area contributed by atoms with E-state index in [2.05, 4.69) is 35.6 Å². The number of amides is 3. The van der Waals surface area contributed by atoms with Crippen LogP contribution in [0.2, 0.25) is 0 Å². The fourth-order valence-electron chi connectivity index (χ4n) is 2.77. The normalized spacial score (nSPS) is 20.9. The molecule has 2 heterocycles. The van der Waals surface area contributed by atoms with E-state index in [1.165, 1.54) is 7.11 Å². The molecule has 6 N–H and O–H groups in total. The van der Waals surface area contributed by atoms with E-state index in [9.17, 15) is 9.59 Å². The highest BCUT2D eigenvalue weighted by Crippen LogP contribution is 2.27. The highest BCUT2D eigenvalue weighted by Gasteiger charge is 2.29. The van der Waals surface area contributed by atoms with Crippen LogP contribution in [0.15, 0.2) is 47.1 Å². The van der Waals surface area contributed by atoms with E-state index in [0.29, 0.717) is 28.1 Å². The lowest BCUT2D eigenvalue weighted by molar-refractivity contribution is 0.186. The Hall–Kier alpha value is -3.66. The molecule has 2 aliphatic rings. The molecule has 10 heteroatoms. The molecule has 4 rings (SSSR count). The maximum atomic E-state index is 11.4. The Morgan fingerprint density at radius 2 is 2.23 bits per heavy atom. The minimum Gasteiger partial charge on any atom is -0.453 e. The van der Waals surface area contributed by atoms with Gasteiger partial charge in [0.25, 0.3) is 0 Å². The van der Waals surface area contributed by atoms with Crippen LogP contribution >= 0.6 is 0 Å². The summed E-state index contributed by atoms with van der Waals surface area (Å²) in [6, 6.07) is 5.02. The number of aromatic nitrogens is 2. The van der Waals surface area contributed by atoms with Gasteiger partial charge in [-0.1, -0.05) is 6.07 Å². The van der Waals surface area contributed by atoms with E-state index in [4.69, 9.17) is 5.73 Å². The molecule has 3 amide bonds. The Labute approximate surface area is 147 Å². The Morgan fingerprint density at radius 3 is 3.04 bits per heavy atom. The van der Waals surface area contributed by atoms with Crippen LogP contribution < -0.4 is 21.7 Å². The molecule has 0 radical (unpaired) electrons. The van der Waals surface area contributed by atoms with Crippen LogP contribution in [0.1, 0.15) is 0 Å². The number of urea groups is 1. The van der Waals surface area contributed by atoms with Crippen LogP contribution in [0.4, 0.5) is 21.2 Å². The summed E-state index contributed by atoms with van der Waals surface area (Å²) in [5.74, 6) is 0.252. The predicted octanol–water partition coefficient (Wildman–Crippen LogP) is 1.43. The SMILES string of the molecule is COC(=O)Nc1nc2c(NC3(N)C=CC4=NC(=O)NC4=C3)cccc2[nH]1. The maximum Gasteiger partial charge on any atom is 0.413 e. The van der Waals surface area contributed by atoms with Crippen molar-refractivity contribution < 1.29 is 14.3 Å². The number of carbonyl (C=O) groups is 2. The first kappa shape index (κ1) is 15.8. The van der Waals surface area contributed by atoms with Crippen molar-refractivity contribution in [3.05, 3.63) is 42.1 Å². The number of aromatic amines is 1. The topological polar surface area (TPSA) is 147 Å². The van der Waals surface area contributed by atoms with Gasteiger partial charge in [0, 0.05) is 0 Å². The number of nitrogens with two attached hydrogens (primary N) is 1. The molecule has 0 fully saturated rings. The monoisotopic (exact) mass is 353 g/mol. The molecule has 1 unspecified atom stereocenters. The summed E-state index contributed by atoms with van der Waals surface area (Å²) >= 11 is 0. The van der Waals surface area contributed by atoms with Crippen LogP contribution in [0.25, 0.3) is 11.0 Å². The van der Waals surface area contributed by atoms with E-state index in [1.54, 1.807) is 18.2 Å². The number of aliphatic imine (C=N–C) groups is 1. The molecule has 1 aliphatic carbocycles. The van der Waals surface area contributed by atoms with E-state index in [0.717, 1.165) is 0 Å². The molecule has 0 saturated heterocycles. The highest BCUT2D eigenvalue weighted by atomic mass is 16.5. The van der Waals surface area contributed by atoms with Gasteiger partial charge in [-0.2, -0.15) is 4.99 Å². The molecule has 0 bridgehead atoms. The van der Waals surface area contributed by atoms with Gasteiger partial charge in [0.1, 0.15) is 11.2 Å². The number of nitrogens with zero attached hydrogens (tertiary/aromatic N) is 2. The number of hydrogen-bond donors (Lipinski definition) is 5. The van der Waals surface area contributed by atoms with Crippen LogP contribution in [0, 0.1) is 0 Å². The van der Waals surface area contributed by atoms with Crippen molar-refractivity contribution in [2.75, 3.05) is 17.7 Å². The average molecular weight is 353 g/mol. The molecular formula is C16H15N7O3. The van der Waals surface area contributed by atoms with Gasteiger partial charge in [-0.15, -0.1) is 0 Å². The summed E-state index contributed by atoms with van der Waals surface area (Å²) in [5, 5.41) is 8.30. The molecule has 1 atom stereocenters. The number of rotatable bonds is 3. The standard InChI is InChI=1S/C16H15N7O3/c1-26-15(25)22-13-18-9-3-2-4-10(12(9)21-13)23-16(17)6-5-8-11(7-16)20-14(24)19-8/h2-7,23H,17H2,1H3,(H,20,24)(H2,18,21,22,25). The second-order valence-electron chi connectivity index (χ2n) is 5.78. The van der Waals surface area contributed by atoms with Gasteiger partial charge in [0.05, 0.1) is 29.7 Å². The average Bonchev–Trinajstić information content (AvgIpc) is 3.16. The lowest BCUT2D eigenvalue weighted by Crippen LogP contribution is -2.46. The zero-order valence-electron chi connectivity index (χ0n) is 13.7. The first-order valence-corrected chi connectivity index (χ1v) is 7.69. The third-order valence-electron chi connectivity index (χ3n) is 3.91. The molecule has 1 aromatic heterocycles. The molecule has 0 spiro atoms. The quantitative estimate of drug-likeness (QED) is 0.527. The number of fused-ring (bicyclic) bond motifs is 2. The molecule has 1 aromatic carbocycles. The number of ether oxygens (including phenoxy) is 1. The van der Waals surface area contributed by atoms with Gasteiger partial charge in [0.2, 0.25) is 5.95 Å². The number of imidazole rings is 1. The van der Waals surface area contributed by atoms with Crippen molar-refractivity contribution in [1.29, 1.82) is 0 Å². The van der Waals surface area contributed by atoms with E-state index >= 15 is 0 Å². The van der Waals surface area contributed by atoms with E-state index < -0.39 is 17.8 Å². The molecular weight excluding hydrogens is 338 g/mol. The lowest BCUT2D eigenvalue weighted by Gasteiger charge is -2.28. The zero-order valence-corrected chi connectivity index (χ0v) is 13.7.